The molecule has 0 fully saturated rings. The average Bonchev–Trinajstić information content (AvgIpc) is 2.38. The summed E-state index contributed by atoms with van der Waals surface area (Å²) < 4.78 is 5.71. The molecule has 1 aromatic carbocycles. The van der Waals surface area contributed by atoms with Crippen LogP contribution >= 0.6 is 12.2 Å². The van der Waals surface area contributed by atoms with Crippen LogP contribution in [-0.2, 0) is 5.41 Å². The van der Waals surface area contributed by atoms with Gasteiger partial charge in [0, 0.05) is 17.8 Å². The molecule has 0 aliphatic carbocycles. The normalized spacial score (nSPS) is 11.2. The molecule has 0 saturated heterocycles. The molecule has 0 bridgehead atoms. The first-order valence-electron chi connectivity index (χ1n) is 6.40. The van der Waals surface area contributed by atoms with E-state index < -0.39 is 0 Å². The molecular formula is C16H18N2OS. The Kier molecular flexibility index (Phi) is 4.04. The van der Waals surface area contributed by atoms with Crippen molar-refractivity contribution in [3.63, 3.8) is 0 Å². The molecule has 2 rings (SSSR count). The molecule has 0 unspecified atom stereocenters. The van der Waals surface area contributed by atoms with Gasteiger partial charge in [-0.05, 0) is 29.2 Å². The quantitative estimate of drug-likeness (QED) is 0.872. The summed E-state index contributed by atoms with van der Waals surface area (Å²) >= 11 is 4.94. The fourth-order valence-corrected chi connectivity index (χ4v) is 1.89. The van der Waals surface area contributed by atoms with Crippen molar-refractivity contribution in [2.45, 2.75) is 26.2 Å². The first kappa shape index (κ1) is 14.5. The molecule has 0 amide bonds. The van der Waals surface area contributed by atoms with Crippen LogP contribution in [0.25, 0.3) is 0 Å². The van der Waals surface area contributed by atoms with Crippen molar-refractivity contribution < 1.29 is 4.74 Å². The average molecular weight is 286 g/mol. The fourth-order valence-electron chi connectivity index (χ4n) is 1.76. The van der Waals surface area contributed by atoms with E-state index in [9.17, 15) is 0 Å². The van der Waals surface area contributed by atoms with Gasteiger partial charge in [0.15, 0.2) is 0 Å². The Balaban J connectivity index is 2.18. The predicted octanol–water partition coefficient (Wildman–Crippen LogP) is 3.81. The molecule has 0 radical (unpaired) electrons. The molecule has 0 aliphatic rings. The molecule has 0 saturated carbocycles. The largest absolute Gasteiger partial charge is 0.439 e. The standard InChI is InChI=1S/C16H18N2OS/c1-16(2,3)12-4-6-13(7-5-12)19-14-10-11(15(17)20)8-9-18-14/h4-10H,1-3H3,(H2,17,20). The number of aromatic nitrogens is 1. The SMILES string of the molecule is CC(C)(C)c1ccc(Oc2cc(C(N)=S)ccn2)cc1. The number of thiocarbonyl (C=S) groups is 1. The molecule has 104 valence electrons. The molecule has 0 aliphatic heterocycles. The number of rotatable bonds is 3. The molecule has 0 atom stereocenters. The first-order valence-corrected chi connectivity index (χ1v) is 6.81. The van der Waals surface area contributed by atoms with Gasteiger partial charge < -0.3 is 10.5 Å². The van der Waals surface area contributed by atoms with Crippen LogP contribution in [0.3, 0.4) is 0 Å². The van der Waals surface area contributed by atoms with Crippen LogP contribution in [0, 0.1) is 0 Å². The molecule has 0 spiro atoms. The minimum atomic E-state index is 0.127. The van der Waals surface area contributed by atoms with Crippen LogP contribution in [0.4, 0.5) is 0 Å². The third kappa shape index (κ3) is 3.54. The highest BCUT2D eigenvalue weighted by atomic mass is 32.1. The lowest BCUT2D eigenvalue weighted by molar-refractivity contribution is 0.462. The van der Waals surface area contributed by atoms with Crippen LogP contribution in [-0.4, -0.2) is 9.97 Å². The second-order valence-electron chi connectivity index (χ2n) is 5.62. The summed E-state index contributed by atoms with van der Waals surface area (Å²) in [6.07, 6.45) is 1.63. The van der Waals surface area contributed by atoms with Crippen molar-refractivity contribution in [2.75, 3.05) is 0 Å². The third-order valence-electron chi connectivity index (χ3n) is 2.96. The second-order valence-corrected chi connectivity index (χ2v) is 6.06. The van der Waals surface area contributed by atoms with E-state index in [-0.39, 0.29) is 5.41 Å². The highest BCUT2D eigenvalue weighted by molar-refractivity contribution is 7.80. The summed E-state index contributed by atoms with van der Waals surface area (Å²) in [5.74, 6) is 1.23. The predicted molar refractivity (Wildman–Crippen MR) is 85.3 cm³/mol. The lowest BCUT2D eigenvalue weighted by Gasteiger charge is -2.19. The number of hydrogen-bond donors (Lipinski definition) is 1. The lowest BCUT2D eigenvalue weighted by Crippen LogP contribution is -2.10. The zero-order valence-corrected chi connectivity index (χ0v) is 12.7. The summed E-state index contributed by atoms with van der Waals surface area (Å²) in [6, 6.07) is 11.5. The Bertz CT molecular complexity index is 615. The van der Waals surface area contributed by atoms with E-state index in [2.05, 4.69) is 37.9 Å². The zero-order chi connectivity index (χ0) is 14.8. The van der Waals surface area contributed by atoms with Crippen molar-refractivity contribution in [3.8, 4) is 11.6 Å². The zero-order valence-electron chi connectivity index (χ0n) is 11.9. The van der Waals surface area contributed by atoms with Crippen molar-refractivity contribution in [2.24, 2.45) is 5.73 Å². The minimum absolute atomic E-state index is 0.127. The van der Waals surface area contributed by atoms with Crippen LogP contribution in [0.15, 0.2) is 42.6 Å². The number of ether oxygens (including phenoxy) is 1. The maximum Gasteiger partial charge on any atom is 0.219 e. The summed E-state index contributed by atoms with van der Waals surface area (Å²) in [4.78, 5) is 4.48. The Morgan fingerprint density at radius 2 is 1.80 bits per heavy atom. The van der Waals surface area contributed by atoms with Gasteiger partial charge in [0.05, 0.1) is 0 Å². The van der Waals surface area contributed by atoms with E-state index in [1.165, 1.54) is 5.56 Å². The smallest absolute Gasteiger partial charge is 0.219 e. The maximum atomic E-state index is 5.71. The molecule has 1 aromatic heterocycles. The Hall–Kier alpha value is -1.94. The summed E-state index contributed by atoms with van der Waals surface area (Å²) in [6.45, 7) is 6.53. The van der Waals surface area contributed by atoms with Crippen LogP contribution in [0.1, 0.15) is 31.9 Å². The number of hydrogen-bond acceptors (Lipinski definition) is 3. The number of nitrogens with zero attached hydrogens (tertiary/aromatic N) is 1. The van der Waals surface area contributed by atoms with E-state index in [1.54, 1.807) is 18.3 Å². The fraction of sp³-hybridized carbons (Fsp3) is 0.250. The van der Waals surface area contributed by atoms with Gasteiger partial charge in [-0.15, -0.1) is 0 Å². The van der Waals surface area contributed by atoms with Gasteiger partial charge >= 0.3 is 0 Å². The lowest BCUT2D eigenvalue weighted by atomic mass is 9.87. The maximum absolute atomic E-state index is 5.71. The molecule has 1 heterocycles. The molecule has 3 nitrogen and oxygen atoms in total. The van der Waals surface area contributed by atoms with Crippen molar-refractivity contribution in [1.29, 1.82) is 0 Å². The summed E-state index contributed by atoms with van der Waals surface area (Å²) in [7, 11) is 0. The van der Waals surface area contributed by atoms with Crippen LogP contribution < -0.4 is 10.5 Å². The highest BCUT2D eigenvalue weighted by Crippen LogP contribution is 2.26. The van der Waals surface area contributed by atoms with Gasteiger partial charge in [0.1, 0.15) is 10.7 Å². The van der Waals surface area contributed by atoms with Crippen molar-refractivity contribution in [3.05, 3.63) is 53.7 Å². The van der Waals surface area contributed by atoms with Crippen molar-refractivity contribution >= 4 is 17.2 Å². The minimum Gasteiger partial charge on any atom is -0.439 e. The third-order valence-corrected chi connectivity index (χ3v) is 3.20. The number of pyridine rings is 1. The Morgan fingerprint density at radius 3 is 2.35 bits per heavy atom. The van der Waals surface area contributed by atoms with E-state index in [0.29, 0.717) is 10.9 Å². The topological polar surface area (TPSA) is 48.1 Å². The van der Waals surface area contributed by atoms with E-state index in [4.69, 9.17) is 22.7 Å². The number of benzene rings is 1. The van der Waals surface area contributed by atoms with E-state index in [1.807, 2.05) is 12.1 Å². The van der Waals surface area contributed by atoms with Crippen LogP contribution in [0.2, 0.25) is 0 Å². The van der Waals surface area contributed by atoms with Gasteiger partial charge in [-0.25, -0.2) is 4.98 Å². The first-order chi connectivity index (χ1) is 9.36. The van der Waals surface area contributed by atoms with Gasteiger partial charge in [-0.1, -0.05) is 45.1 Å². The van der Waals surface area contributed by atoms with Gasteiger partial charge in [0.2, 0.25) is 5.88 Å². The van der Waals surface area contributed by atoms with Crippen molar-refractivity contribution in [1.82, 2.24) is 4.98 Å². The van der Waals surface area contributed by atoms with E-state index in [0.717, 1.165) is 11.3 Å². The molecule has 2 N–H and O–H groups in total. The van der Waals surface area contributed by atoms with Crippen LogP contribution in [0.5, 0.6) is 11.6 Å². The molecule has 2 aromatic rings. The van der Waals surface area contributed by atoms with Gasteiger partial charge in [-0.3, -0.25) is 0 Å². The van der Waals surface area contributed by atoms with E-state index >= 15 is 0 Å². The molecule has 4 heteroatoms. The van der Waals surface area contributed by atoms with Gasteiger partial charge in [0.25, 0.3) is 0 Å². The molecule has 20 heavy (non-hydrogen) atoms. The van der Waals surface area contributed by atoms with Gasteiger partial charge in [-0.2, -0.15) is 0 Å². The number of nitrogens with two attached hydrogens (primary N) is 1. The monoisotopic (exact) mass is 286 g/mol. The Labute approximate surface area is 124 Å². The highest BCUT2D eigenvalue weighted by Gasteiger charge is 2.13. The Morgan fingerprint density at radius 1 is 1.15 bits per heavy atom. The second kappa shape index (κ2) is 5.59. The summed E-state index contributed by atoms with van der Waals surface area (Å²) in [5, 5.41) is 0. The summed E-state index contributed by atoms with van der Waals surface area (Å²) in [5.41, 5.74) is 7.72. The molecular weight excluding hydrogens is 268 g/mol.